The number of benzene rings is 3. The summed E-state index contributed by atoms with van der Waals surface area (Å²) in [4.78, 5) is 17.5. The van der Waals surface area contributed by atoms with Gasteiger partial charge in [-0.1, -0.05) is 35.9 Å². The minimum atomic E-state index is -0.0441. The number of carbonyl (C=O) groups is 1. The van der Waals surface area contributed by atoms with Crippen LogP contribution in [0.2, 0.25) is 0 Å². The zero-order valence-corrected chi connectivity index (χ0v) is 19.6. The fourth-order valence-electron chi connectivity index (χ4n) is 4.36. The first kappa shape index (κ1) is 21.8. The predicted octanol–water partition coefficient (Wildman–Crippen LogP) is 5.60. The quantitative estimate of drug-likeness (QED) is 0.437. The van der Waals surface area contributed by atoms with Crippen LogP contribution in [-0.4, -0.2) is 22.0 Å². The molecule has 0 aliphatic carbocycles. The van der Waals surface area contributed by atoms with Gasteiger partial charge in [-0.15, -0.1) is 0 Å². The van der Waals surface area contributed by atoms with E-state index in [0.717, 1.165) is 29.0 Å². The molecule has 4 nitrogen and oxygen atoms in total. The summed E-state index contributed by atoms with van der Waals surface area (Å²) in [6.07, 6.45) is 0.676. The van der Waals surface area contributed by atoms with Gasteiger partial charge >= 0.3 is 0 Å². The van der Waals surface area contributed by atoms with E-state index in [0.29, 0.717) is 18.5 Å². The molecule has 4 heteroatoms. The van der Waals surface area contributed by atoms with Gasteiger partial charge in [-0.05, 0) is 86.7 Å². The number of aromatic nitrogens is 2. The lowest BCUT2D eigenvalue weighted by Gasteiger charge is -2.18. The molecule has 0 saturated carbocycles. The molecule has 1 heterocycles. The minimum absolute atomic E-state index is 0.0441. The first-order valence-electron chi connectivity index (χ1n) is 11.2. The normalized spacial score (nSPS) is 11.2. The summed E-state index contributed by atoms with van der Waals surface area (Å²) in [5.74, 6) is 0.950. The Morgan fingerprint density at radius 1 is 0.906 bits per heavy atom. The molecule has 4 rings (SSSR count). The van der Waals surface area contributed by atoms with Crippen molar-refractivity contribution in [1.82, 2.24) is 14.9 Å². The van der Waals surface area contributed by atoms with Crippen molar-refractivity contribution in [3.05, 3.63) is 99.4 Å². The van der Waals surface area contributed by atoms with E-state index in [2.05, 4.69) is 61.8 Å². The zero-order chi connectivity index (χ0) is 22.8. The van der Waals surface area contributed by atoms with Gasteiger partial charge in [0.05, 0.1) is 11.0 Å². The van der Waals surface area contributed by atoms with Crippen molar-refractivity contribution in [3.63, 3.8) is 0 Å². The van der Waals surface area contributed by atoms with Crippen LogP contribution in [0.5, 0.6) is 0 Å². The van der Waals surface area contributed by atoms with E-state index in [1.54, 1.807) is 0 Å². The number of hydrogen-bond acceptors (Lipinski definition) is 2. The average Bonchev–Trinajstić information content (AvgIpc) is 3.12. The highest BCUT2D eigenvalue weighted by atomic mass is 16.1. The largest absolute Gasteiger partial charge is 0.352 e. The van der Waals surface area contributed by atoms with Gasteiger partial charge in [0, 0.05) is 25.1 Å². The molecular weight excluding hydrogens is 394 g/mol. The lowest BCUT2D eigenvalue weighted by molar-refractivity contribution is 0.0954. The Morgan fingerprint density at radius 2 is 1.62 bits per heavy atom. The fourth-order valence-corrected chi connectivity index (χ4v) is 4.36. The number of nitrogens with one attached hydrogen (secondary N) is 1. The highest BCUT2D eigenvalue weighted by Crippen LogP contribution is 2.25. The molecule has 1 N–H and O–H groups in total. The summed E-state index contributed by atoms with van der Waals surface area (Å²) in [5, 5.41) is 3.06. The summed E-state index contributed by atoms with van der Waals surface area (Å²) < 4.78 is 2.31. The number of nitrogens with zero attached hydrogens (tertiary/aromatic N) is 2. The van der Waals surface area contributed by atoms with Crippen molar-refractivity contribution in [2.45, 2.75) is 47.6 Å². The number of aryl methyl sites for hydroxylation is 3. The van der Waals surface area contributed by atoms with Crippen LogP contribution in [0.4, 0.5) is 0 Å². The molecule has 1 amide bonds. The lowest BCUT2D eigenvalue weighted by Crippen LogP contribution is -2.26. The van der Waals surface area contributed by atoms with Gasteiger partial charge in [-0.2, -0.15) is 0 Å². The third-order valence-corrected chi connectivity index (χ3v) is 6.49. The number of rotatable bonds is 6. The summed E-state index contributed by atoms with van der Waals surface area (Å²) in [6, 6.07) is 18.2. The van der Waals surface area contributed by atoms with Crippen LogP contribution in [0.15, 0.2) is 54.6 Å². The monoisotopic (exact) mass is 425 g/mol. The van der Waals surface area contributed by atoms with Gasteiger partial charge < -0.3 is 9.88 Å². The first-order valence-corrected chi connectivity index (χ1v) is 11.2. The highest BCUT2D eigenvalue weighted by Gasteiger charge is 2.15. The molecule has 0 saturated heterocycles. The van der Waals surface area contributed by atoms with Crippen molar-refractivity contribution in [3.8, 4) is 0 Å². The molecule has 0 spiro atoms. The van der Waals surface area contributed by atoms with Crippen LogP contribution in [0.1, 0.15) is 49.6 Å². The van der Waals surface area contributed by atoms with Crippen LogP contribution in [0.3, 0.4) is 0 Å². The molecule has 0 radical (unpaired) electrons. The smallest absolute Gasteiger partial charge is 0.251 e. The van der Waals surface area contributed by atoms with E-state index in [9.17, 15) is 4.79 Å². The number of carbonyl (C=O) groups excluding carboxylic acids is 1. The fraction of sp³-hybridized carbons (Fsp3) is 0.286. The number of hydrogen-bond donors (Lipinski definition) is 1. The maximum atomic E-state index is 12.6. The maximum absolute atomic E-state index is 12.6. The van der Waals surface area contributed by atoms with E-state index < -0.39 is 0 Å². The Hall–Kier alpha value is -3.40. The van der Waals surface area contributed by atoms with E-state index >= 15 is 0 Å². The summed E-state index contributed by atoms with van der Waals surface area (Å²) in [5.41, 5.74) is 10.6. The molecule has 0 unspecified atom stereocenters. The zero-order valence-electron chi connectivity index (χ0n) is 19.6. The van der Waals surface area contributed by atoms with E-state index in [1.165, 1.54) is 27.8 Å². The molecule has 0 fully saturated rings. The van der Waals surface area contributed by atoms with Crippen molar-refractivity contribution in [2.75, 3.05) is 6.54 Å². The van der Waals surface area contributed by atoms with Crippen molar-refractivity contribution < 1.29 is 4.79 Å². The summed E-state index contributed by atoms with van der Waals surface area (Å²) in [7, 11) is 0. The topological polar surface area (TPSA) is 46.9 Å². The van der Waals surface area contributed by atoms with Crippen LogP contribution in [0, 0.1) is 34.6 Å². The Morgan fingerprint density at radius 3 is 2.34 bits per heavy atom. The average molecular weight is 426 g/mol. The molecule has 1 aromatic heterocycles. The van der Waals surface area contributed by atoms with Gasteiger partial charge in [0.25, 0.3) is 5.91 Å². The van der Waals surface area contributed by atoms with Crippen molar-refractivity contribution in [2.24, 2.45) is 0 Å². The molecule has 32 heavy (non-hydrogen) atoms. The SMILES string of the molecule is Cc1cccc(C(=O)NCCc2nc3ccccc3n2Cc2c(C)c(C)cc(C)c2C)c1. The van der Waals surface area contributed by atoms with Gasteiger partial charge in [0.15, 0.2) is 0 Å². The van der Waals surface area contributed by atoms with Crippen LogP contribution in [0.25, 0.3) is 11.0 Å². The third kappa shape index (κ3) is 4.31. The van der Waals surface area contributed by atoms with Crippen LogP contribution < -0.4 is 5.32 Å². The van der Waals surface area contributed by atoms with Gasteiger partial charge in [0.2, 0.25) is 0 Å². The highest BCUT2D eigenvalue weighted by molar-refractivity contribution is 5.94. The Labute approximate surface area is 190 Å². The van der Waals surface area contributed by atoms with Crippen molar-refractivity contribution in [1.29, 1.82) is 0 Å². The van der Waals surface area contributed by atoms with Crippen molar-refractivity contribution >= 4 is 16.9 Å². The second-order valence-corrected chi connectivity index (χ2v) is 8.72. The number of fused-ring (bicyclic) bond motifs is 1. The minimum Gasteiger partial charge on any atom is -0.352 e. The standard InChI is InChI=1S/C28H31N3O/c1-18-9-8-10-23(15-18)28(32)29-14-13-27-30-25-11-6-7-12-26(25)31(27)17-24-21(4)19(2)16-20(3)22(24)5/h6-12,15-16H,13-14,17H2,1-5H3,(H,29,32). The van der Waals surface area contributed by atoms with E-state index in [-0.39, 0.29) is 5.91 Å². The Bertz CT molecular complexity index is 1270. The second kappa shape index (κ2) is 8.99. The lowest BCUT2D eigenvalue weighted by atomic mass is 9.94. The van der Waals surface area contributed by atoms with E-state index in [4.69, 9.17) is 4.98 Å². The number of amides is 1. The number of para-hydroxylation sites is 2. The molecule has 0 bridgehead atoms. The molecule has 0 aliphatic heterocycles. The van der Waals surface area contributed by atoms with Gasteiger partial charge in [0.1, 0.15) is 5.82 Å². The Kier molecular flexibility index (Phi) is 6.13. The predicted molar refractivity (Wildman–Crippen MR) is 131 cm³/mol. The molecule has 0 atom stereocenters. The third-order valence-electron chi connectivity index (χ3n) is 6.49. The molecule has 0 aliphatic rings. The molecule has 4 aromatic rings. The van der Waals surface area contributed by atoms with E-state index in [1.807, 2.05) is 37.3 Å². The summed E-state index contributed by atoms with van der Waals surface area (Å²) >= 11 is 0. The maximum Gasteiger partial charge on any atom is 0.251 e. The van der Waals surface area contributed by atoms with Gasteiger partial charge in [-0.3, -0.25) is 4.79 Å². The molecular formula is C28H31N3O. The van der Waals surface area contributed by atoms with Crippen LogP contribution in [-0.2, 0) is 13.0 Å². The molecule has 164 valence electrons. The Balaban J connectivity index is 1.61. The molecule has 3 aromatic carbocycles. The van der Waals surface area contributed by atoms with Gasteiger partial charge in [-0.25, -0.2) is 4.98 Å². The first-order chi connectivity index (χ1) is 15.3. The van der Waals surface area contributed by atoms with Crippen LogP contribution >= 0.6 is 0 Å². The number of imidazole rings is 1. The second-order valence-electron chi connectivity index (χ2n) is 8.72. The summed E-state index contributed by atoms with van der Waals surface area (Å²) in [6.45, 7) is 12.1.